The van der Waals surface area contributed by atoms with Crippen LogP contribution in [-0.4, -0.2) is 46.1 Å². The molecule has 12 heteroatoms. The molecule has 0 aliphatic heterocycles. The standard InChI is InChI=1S/C29H37N5O6S/c1-31-41(37,38)22-11-10-21-13-14-34(28(36)23(21)18-22)26(16-19-7-5-4-6-8-19)32-29(30)33-27(35)17-20-9-12-24(39-2)25(15-20)40-3/h9-15,18-19,26,31H,4-8,16-17H2,1-3H3,(H3,30,32,33,35)/t26-/m0/s1. The second kappa shape index (κ2) is 13.2. The van der Waals surface area contributed by atoms with Crippen molar-refractivity contribution in [3.05, 3.63) is 64.6 Å². The Morgan fingerprint density at radius 3 is 2.49 bits per heavy atom. The van der Waals surface area contributed by atoms with Crippen LogP contribution in [0.15, 0.2) is 63.3 Å². The SMILES string of the molecule is CNS(=O)(=O)c1ccc2ccn([C@@H](CC3CCCCC3)N=C(N)NC(=O)Cc3ccc(OC)c(OC)c3)c(=O)c2c1. The summed E-state index contributed by atoms with van der Waals surface area (Å²) in [4.78, 5) is 31.1. The number of benzene rings is 2. The number of nitrogens with zero attached hydrogens (tertiary/aromatic N) is 2. The van der Waals surface area contributed by atoms with E-state index in [4.69, 9.17) is 15.2 Å². The highest BCUT2D eigenvalue weighted by molar-refractivity contribution is 7.89. The second-order valence-corrected chi connectivity index (χ2v) is 12.0. The Morgan fingerprint density at radius 2 is 1.80 bits per heavy atom. The van der Waals surface area contributed by atoms with Crippen molar-refractivity contribution in [1.82, 2.24) is 14.6 Å². The lowest BCUT2D eigenvalue weighted by Crippen LogP contribution is -2.39. The van der Waals surface area contributed by atoms with Crippen LogP contribution in [0, 0.1) is 5.92 Å². The maximum atomic E-state index is 13.7. The molecule has 4 rings (SSSR count). The van der Waals surface area contributed by atoms with Crippen molar-refractivity contribution in [2.45, 2.75) is 56.0 Å². The Labute approximate surface area is 239 Å². The number of amides is 1. The van der Waals surface area contributed by atoms with Crippen LogP contribution >= 0.6 is 0 Å². The smallest absolute Gasteiger partial charge is 0.260 e. The Hall–Kier alpha value is -3.90. The molecule has 3 aromatic rings. The predicted octanol–water partition coefficient (Wildman–Crippen LogP) is 3.07. The summed E-state index contributed by atoms with van der Waals surface area (Å²) in [7, 11) is 0.641. The lowest BCUT2D eigenvalue weighted by molar-refractivity contribution is -0.119. The van der Waals surface area contributed by atoms with Gasteiger partial charge < -0.3 is 15.2 Å². The van der Waals surface area contributed by atoms with E-state index >= 15 is 0 Å². The van der Waals surface area contributed by atoms with Gasteiger partial charge in [0.15, 0.2) is 17.5 Å². The number of aromatic nitrogens is 1. The number of nitrogens with two attached hydrogens (primary N) is 1. The molecule has 1 aromatic heterocycles. The molecule has 1 saturated carbocycles. The van der Waals surface area contributed by atoms with E-state index in [9.17, 15) is 18.0 Å². The predicted molar refractivity (Wildman–Crippen MR) is 158 cm³/mol. The molecule has 1 aliphatic rings. The fourth-order valence-electron chi connectivity index (χ4n) is 5.26. The number of pyridine rings is 1. The first kappa shape index (κ1) is 30.1. The van der Waals surface area contributed by atoms with Crippen LogP contribution in [0.2, 0.25) is 0 Å². The van der Waals surface area contributed by atoms with Crippen molar-refractivity contribution >= 4 is 32.7 Å². The fraction of sp³-hybridized carbons (Fsp3) is 0.414. The molecule has 0 bridgehead atoms. The molecule has 11 nitrogen and oxygen atoms in total. The van der Waals surface area contributed by atoms with Crippen molar-refractivity contribution in [3.63, 3.8) is 0 Å². The van der Waals surface area contributed by atoms with Gasteiger partial charge in [0.05, 0.1) is 25.5 Å². The average Bonchev–Trinajstić information content (AvgIpc) is 2.97. The van der Waals surface area contributed by atoms with Gasteiger partial charge in [-0.3, -0.25) is 19.5 Å². The first-order valence-electron chi connectivity index (χ1n) is 13.6. The zero-order valence-electron chi connectivity index (χ0n) is 23.6. The number of ether oxygens (including phenoxy) is 2. The van der Waals surface area contributed by atoms with E-state index in [1.54, 1.807) is 36.5 Å². The fourth-order valence-corrected chi connectivity index (χ4v) is 6.01. The lowest BCUT2D eigenvalue weighted by atomic mass is 9.86. The normalized spacial score (nSPS) is 15.4. The van der Waals surface area contributed by atoms with Gasteiger partial charge in [0.25, 0.3) is 5.56 Å². The van der Waals surface area contributed by atoms with Gasteiger partial charge >= 0.3 is 0 Å². The molecule has 4 N–H and O–H groups in total. The van der Waals surface area contributed by atoms with Crippen molar-refractivity contribution in [2.75, 3.05) is 21.3 Å². The molecule has 1 aliphatic carbocycles. The maximum Gasteiger partial charge on any atom is 0.260 e. The second-order valence-electron chi connectivity index (χ2n) is 10.1. The van der Waals surface area contributed by atoms with Crippen LogP contribution in [0.1, 0.15) is 50.3 Å². The summed E-state index contributed by atoms with van der Waals surface area (Å²) in [5, 5.41) is 3.50. The topological polar surface area (TPSA) is 154 Å². The van der Waals surface area contributed by atoms with Crippen molar-refractivity contribution in [1.29, 1.82) is 0 Å². The highest BCUT2D eigenvalue weighted by Crippen LogP contribution is 2.31. The number of nitrogens with one attached hydrogen (secondary N) is 2. The van der Waals surface area contributed by atoms with E-state index in [2.05, 4.69) is 15.0 Å². The Morgan fingerprint density at radius 1 is 1.07 bits per heavy atom. The molecule has 41 heavy (non-hydrogen) atoms. The monoisotopic (exact) mass is 583 g/mol. The summed E-state index contributed by atoms with van der Waals surface area (Å²) >= 11 is 0. The number of fused-ring (bicyclic) bond motifs is 1. The first-order chi connectivity index (χ1) is 19.6. The van der Waals surface area contributed by atoms with Gasteiger partial charge in [-0.15, -0.1) is 0 Å². The number of rotatable bonds is 10. The van der Waals surface area contributed by atoms with Gasteiger partial charge in [0, 0.05) is 11.6 Å². The summed E-state index contributed by atoms with van der Waals surface area (Å²) in [6.45, 7) is 0. The van der Waals surface area contributed by atoms with Gasteiger partial charge in [0.1, 0.15) is 6.17 Å². The third kappa shape index (κ3) is 7.25. The molecule has 2 aromatic carbocycles. The molecule has 0 spiro atoms. The summed E-state index contributed by atoms with van der Waals surface area (Å²) in [6.07, 6.45) is 6.99. The van der Waals surface area contributed by atoms with Crippen LogP contribution in [0.25, 0.3) is 10.8 Å². The summed E-state index contributed by atoms with van der Waals surface area (Å²) in [6, 6.07) is 11.4. The van der Waals surface area contributed by atoms with Crippen molar-refractivity contribution < 1.29 is 22.7 Å². The number of sulfonamides is 1. The molecule has 0 unspecified atom stereocenters. The highest BCUT2D eigenvalue weighted by Gasteiger charge is 2.23. The van der Waals surface area contributed by atoms with E-state index in [0.717, 1.165) is 25.7 Å². The molecule has 1 fully saturated rings. The minimum Gasteiger partial charge on any atom is -0.493 e. The third-order valence-corrected chi connectivity index (χ3v) is 8.85. The van der Waals surface area contributed by atoms with Crippen LogP contribution in [0.5, 0.6) is 11.5 Å². The number of hydrogen-bond acceptors (Lipinski definition) is 7. The minimum atomic E-state index is -3.74. The van der Waals surface area contributed by atoms with Crippen LogP contribution in [-0.2, 0) is 21.2 Å². The number of guanidine groups is 1. The van der Waals surface area contributed by atoms with E-state index in [1.165, 1.54) is 44.4 Å². The van der Waals surface area contributed by atoms with Crippen molar-refractivity contribution in [2.24, 2.45) is 16.6 Å². The molecule has 0 radical (unpaired) electrons. The Balaban J connectivity index is 1.63. The van der Waals surface area contributed by atoms with Gasteiger partial charge in [-0.1, -0.05) is 44.2 Å². The number of hydrogen-bond donors (Lipinski definition) is 3. The molecule has 220 valence electrons. The highest BCUT2D eigenvalue weighted by atomic mass is 32.2. The quantitative estimate of drug-likeness (QED) is 0.245. The van der Waals surface area contributed by atoms with Crippen LogP contribution in [0.4, 0.5) is 0 Å². The zero-order valence-corrected chi connectivity index (χ0v) is 24.4. The molecule has 1 amide bonds. The molecule has 1 heterocycles. The number of methoxy groups -OCH3 is 2. The van der Waals surface area contributed by atoms with Gasteiger partial charge in [-0.05, 0) is 60.7 Å². The Bertz CT molecular complexity index is 1590. The van der Waals surface area contributed by atoms with Gasteiger partial charge in [-0.25, -0.2) is 18.1 Å². The van der Waals surface area contributed by atoms with E-state index in [1.807, 2.05) is 0 Å². The minimum absolute atomic E-state index is 0.00313. The molecule has 0 saturated heterocycles. The lowest BCUT2D eigenvalue weighted by Gasteiger charge is -2.26. The zero-order chi connectivity index (χ0) is 29.6. The molecular weight excluding hydrogens is 546 g/mol. The van der Waals surface area contributed by atoms with Crippen LogP contribution in [0.3, 0.4) is 0 Å². The number of aliphatic imine (C=N–C) groups is 1. The van der Waals surface area contributed by atoms with E-state index in [-0.39, 0.29) is 34.1 Å². The number of carbonyl (C=O) groups excluding carboxylic acids is 1. The molecule has 1 atom stereocenters. The average molecular weight is 584 g/mol. The maximum absolute atomic E-state index is 13.7. The Kier molecular flexibility index (Phi) is 9.66. The van der Waals surface area contributed by atoms with E-state index in [0.29, 0.717) is 34.8 Å². The first-order valence-corrected chi connectivity index (χ1v) is 15.1. The third-order valence-electron chi connectivity index (χ3n) is 7.44. The van der Waals surface area contributed by atoms with Gasteiger partial charge in [0.2, 0.25) is 15.9 Å². The number of carbonyl (C=O) groups is 1. The van der Waals surface area contributed by atoms with Crippen LogP contribution < -0.4 is 30.8 Å². The summed E-state index contributed by atoms with van der Waals surface area (Å²) in [5.41, 5.74) is 6.52. The summed E-state index contributed by atoms with van der Waals surface area (Å²) < 4.78 is 39.1. The largest absolute Gasteiger partial charge is 0.493 e. The van der Waals surface area contributed by atoms with E-state index < -0.39 is 16.2 Å². The van der Waals surface area contributed by atoms with Gasteiger partial charge in [-0.2, -0.15) is 0 Å². The van der Waals surface area contributed by atoms with Crippen molar-refractivity contribution in [3.8, 4) is 11.5 Å². The summed E-state index contributed by atoms with van der Waals surface area (Å²) in [5.74, 6) is 0.928. The molecular formula is C29H37N5O6S.